The fourth-order valence-electron chi connectivity index (χ4n) is 1.47. The Hall–Kier alpha value is -0.460. The number of ether oxygens (including phenoxy) is 1. The van der Waals surface area contributed by atoms with Crippen LogP contribution < -0.4 is 5.73 Å². The van der Waals surface area contributed by atoms with Crippen molar-refractivity contribution < 1.29 is 13.7 Å². The number of carbonyl (C=O) groups is 1. The molecule has 88 valence electrons. The van der Waals surface area contributed by atoms with Crippen molar-refractivity contribution in [1.82, 2.24) is 4.90 Å². The standard InChI is InChI=1S/C9H18N2O3S/c1-14-8(7-10)6-9(12)11-2-4-15(13)5-3-11/h8H,2-7,10H2,1H3. The van der Waals surface area contributed by atoms with Crippen LogP contribution in [0.4, 0.5) is 0 Å². The fraction of sp³-hybridized carbons (Fsp3) is 0.889. The van der Waals surface area contributed by atoms with E-state index in [-0.39, 0.29) is 12.0 Å². The summed E-state index contributed by atoms with van der Waals surface area (Å²) in [4.78, 5) is 13.5. The maximum absolute atomic E-state index is 11.7. The van der Waals surface area contributed by atoms with Crippen LogP contribution in [0.3, 0.4) is 0 Å². The van der Waals surface area contributed by atoms with Crippen LogP contribution in [0.15, 0.2) is 0 Å². The summed E-state index contributed by atoms with van der Waals surface area (Å²) < 4.78 is 16.1. The predicted molar refractivity (Wildman–Crippen MR) is 58.9 cm³/mol. The van der Waals surface area contributed by atoms with E-state index in [0.717, 1.165) is 0 Å². The van der Waals surface area contributed by atoms with Crippen LogP contribution in [-0.4, -0.2) is 59.4 Å². The zero-order valence-corrected chi connectivity index (χ0v) is 9.79. The van der Waals surface area contributed by atoms with Gasteiger partial charge in [0.15, 0.2) is 0 Å². The highest BCUT2D eigenvalue weighted by Crippen LogP contribution is 2.05. The second-order valence-corrected chi connectivity index (χ2v) is 5.22. The van der Waals surface area contributed by atoms with Crippen LogP contribution in [0, 0.1) is 0 Å². The minimum absolute atomic E-state index is 0.0454. The Morgan fingerprint density at radius 2 is 2.13 bits per heavy atom. The van der Waals surface area contributed by atoms with Gasteiger partial charge in [-0.05, 0) is 0 Å². The Morgan fingerprint density at radius 1 is 1.53 bits per heavy atom. The number of amides is 1. The summed E-state index contributed by atoms with van der Waals surface area (Å²) in [5, 5.41) is 0. The molecular formula is C9H18N2O3S. The Labute approximate surface area is 92.4 Å². The lowest BCUT2D eigenvalue weighted by molar-refractivity contribution is -0.133. The van der Waals surface area contributed by atoms with Gasteiger partial charge in [-0.1, -0.05) is 0 Å². The van der Waals surface area contributed by atoms with Crippen LogP contribution in [0.5, 0.6) is 0 Å². The number of hydrogen-bond acceptors (Lipinski definition) is 4. The third-order valence-electron chi connectivity index (χ3n) is 2.53. The summed E-state index contributed by atoms with van der Waals surface area (Å²) >= 11 is 0. The van der Waals surface area contributed by atoms with Gasteiger partial charge in [-0.2, -0.15) is 0 Å². The van der Waals surface area contributed by atoms with Crippen LogP contribution in [-0.2, 0) is 20.3 Å². The molecule has 1 heterocycles. The first-order chi connectivity index (χ1) is 7.17. The third kappa shape index (κ3) is 3.89. The maximum Gasteiger partial charge on any atom is 0.225 e. The van der Waals surface area contributed by atoms with Gasteiger partial charge >= 0.3 is 0 Å². The molecule has 2 N–H and O–H groups in total. The van der Waals surface area contributed by atoms with E-state index in [9.17, 15) is 9.00 Å². The summed E-state index contributed by atoms with van der Waals surface area (Å²) in [5.41, 5.74) is 5.44. The minimum Gasteiger partial charge on any atom is -0.380 e. The van der Waals surface area contributed by atoms with Gasteiger partial charge in [-0.3, -0.25) is 9.00 Å². The highest BCUT2D eigenvalue weighted by Gasteiger charge is 2.22. The number of hydrogen-bond donors (Lipinski definition) is 1. The molecule has 0 aromatic carbocycles. The van der Waals surface area contributed by atoms with Gasteiger partial charge in [-0.15, -0.1) is 0 Å². The molecule has 1 rings (SSSR count). The van der Waals surface area contributed by atoms with E-state index in [1.807, 2.05) is 0 Å². The molecular weight excluding hydrogens is 216 g/mol. The second-order valence-electron chi connectivity index (χ2n) is 3.53. The molecule has 1 amide bonds. The van der Waals surface area contributed by atoms with Gasteiger partial charge in [0, 0.05) is 49.0 Å². The predicted octanol–water partition coefficient (Wildman–Crippen LogP) is -1.06. The van der Waals surface area contributed by atoms with Crippen LogP contribution >= 0.6 is 0 Å². The zero-order chi connectivity index (χ0) is 11.3. The average molecular weight is 234 g/mol. The van der Waals surface area contributed by atoms with Crippen molar-refractivity contribution in [3.05, 3.63) is 0 Å². The smallest absolute Gasteiger partial charge is 0.225 e. The fourth-order valence-corrected chi connectivity index (χ4v) is 2.53. The minimum atomic E-state index is -0.744. The van der Waals surface area contributed by atoms with E-state index in [1.54, 1.807) is 12.0 Å². The average Bonchev–Trinajstić information content (AvgIpc) is 2.26. The Balaban J connectivity index is 2.36. The molecule has 6 heteroatoms. The van der Waals surface area contributed by atoms with E-state index in [4.69, 9.17) is 10.5 Å². The second kappa shape index (κ2) is 6.19. The van der Waals surface area contributed by atoms with Gasteiger partial charge in [0.25, 0.3) is 0 Å². The molecule has 0 aliphatic carbocycles. The highest BCUT2D eigenvalue weighted by molar-refractivity contribution is 7.85. The Bertz CT molecular complexity index is 234. The monoisotopic (exact) mass is 234 g/mol. The van der Waals surface area contributed by atoms with E-state index in [1.165, 1.54) is 0 Å². The first-order valence-corrected chi connectivity index (χ1v) is 6.51. The van der Waals surface area contributed by atoms with Gasteiger partial charge in [0.1, 0.15) is 0 Å². The highest BCUT2D eigenvalue weighted by atomic mass is 32.2. The molecule has 0 bridgehead atoms. The van der Waals surface area contributed by atoms with Gasteiger partial charge < -0.3 is 15.4 Å². The lowest BCUT2D eigenvalue weighted by Gasteiger charge is -2.27. The third-order valence-corrected chi connectivity index (χ3v) is 3.80. The lowest BCUT2D eigenvalue weighted by atomic mass is 10.2. The van der Waals surface area contributed by atoms with Gasteiger partial charge in [0.2, 0.25) is 5.91 Å². The maximum atomic E-state index is 11.7. The Kier molecular flexibility index (Phi) is 5.21. The van der Waals surface area contributed by atoms with Crippen molar-refractivity contribution in [3.8, 4) is 0 Å². The van der Waals surface area contributed by atoms with Crippen molar-refractivity contribution in [2.24, 2.45) is 5.73 Å². The molecule has 15 heavy (non-hydrogen) atoms. The number of methoxy groups -OCH3 is 1. The van der Waals surface area contributed by atoms with Crippen molar-refractivity contribution in [2.45, 2.75) is 12.5 Å². The molecule has 5 nitrogen and oxygen atoms in total. The molecule has 0 saturated carbocycles. The van der Waals surface area contributed by atoms with E-state index in [2.05, 4.69) is 0 Å². The summed E-state index contributed by atoms with van der Waals surface area (Å²) in [7, 11) is 0.808. The summed E-state index contributed by atoms with van der Waals surface area (Å²) in [6.45, 7) is 1.53. The van der Waals surface area contributed by atoms with Crippen LogP contribution in [0.25, 0.3) is 0 Å². The molecule has 1 atom stereocenters. The Morgan fingerprint density at radius 3 is 2.60 bits per heavy atom. The molecule has 1 fully saturated rings. The lowest BCUT2D eigenvalue weighted by Crippen LogP contribution is -2.43. The van der Waals surface area contributed by atoms with E-state index < -0.39 is 10.8 Å². The molecule has 0 spiro atoms. The molecule has 1 aliphatic heterocycles. The summed E-state index contributed by atoms with van der Waals surface area (Å²) in [6, 6.07) is 0. The van der Waals surface area contributed by atoms with Gasteiger partial charge in [0.05, 0.1) is 12.5 Å². The van der Waals surface area contributed by atoms with Crippen LogP contribution in [0.2, 0.25) is 0 Å². The molecule has 1 aliphatic rings. The first kappa shape index (κ1) is 12.6. The molecule has 1 saturated heterocycles. The van der Waals surface area contributed by atoms with Gasteiger partial charge in [-0.25, -0.2) is 0 Å². The van der Waals surface area contributed by atoms with Crippen molar-refractivity contribution in [2.75, 3.05) is 38.2 Å². The summed E-state index contributed by atoms with van der Waals surface area (Å²) in [6.07, 6.45) is 0.115. The SMILES string of the molecule is COC(CN)CC(=O)N1CCS(=O)CC1. The van der Waals surface area contributed by atoms with Crippen molar-refractivity contribution in [3.63, 3.8) is 0 Å². The first-order valence-electron chi connectivity index (χ1n) is 5.03. The number of carbonyl (C=O) groups excluding carboxylic acids is 1. The van der Waals surface area contributed by atoms with Crippen LogP contribution in [0.1, 0.15) is 6.42 Å². The molecule has 0 aromatic rings. The number of nitrogens with two attached hydrogens (primary N) is 1. The topological polar surface area (TPSA) is 72.6 Å². The largest absolute Gasteiger partial charge is 0.380 e. The zero-order valence-electron chi connectivity index (χ0n) is 8.98. The summed E-state index contributed by atoms with van der Waals surface area (Å²) in [5.74, 6) is 1.22. The number of rotatable bonds is 4. The quantitative estimate of drug-likeness (QED) is 0.673. The molecule has 0 radical (unpaired) electrons. The number of nitrogens with zero attached hydrogens (tertiary/aromatic N) is 1. The molecule has 1 unspecified atom stereocenters. The van der Waals surface area contributed by atoms with E-state index in [0.29, 0.717) is 37.6 Å². The van der Waals surface area contributed by atoms with Crippen molar-refractivity contribution in [1.29, 1.82) is 0 Å². The van der Waals surface area contributed by atoms with E-state index >= 15 is 0 Å². The normalized spacial score (nSPS) is 20.3. The molecule has 0 aromatic heterocycles. The van der Waals surface area contributed by atoms with Crippen molar-refractivity contribution >= 4 is 16.7 Å².